The lowest BCUT2D eigenvalue weighted by Crippen LogP contribution is -2.52. The van der Waals surface area contributed by atoms with Crippen molar-refractivity contribution in [1.29, 1.82) is 0 Å². The van der Waals surface area contributed by atoms with E-state index in [4.69, 9.17) is 72.7 Å². The average Bonchev–Trinajstić information content (AvgIpc) is 3.11. The number of hydrogen-bond acceptors (Lipinski definition) is 11. The molecule has 0 aliphatic heterocycles. The van der Waals surface area contributed by atoms with E-state index in [0.717, 1.165) is 64.2 Å². The van der Waals surface area contributed by atoms with Crippen LogP contribution in [-0.4, -0.2) is 130 Å². The Kier molecular flexibility index (Phi) is 34.1. The fraction of sp³-hybridized carbons (Fsp3) is 0.946. The maximum Gasteiger partial charge on any atom is 0.407 e. The molecule has 13 nitrogen and oxygen atoms in total. The predicted octanol–water partition coefficient (Wildman–Crippen LogP) is 6.89. The van der Waals surface area contributed by atoms with Gasteiger partial charge in [-0.2, -0.15) is 0 Å². The summed E-state index contributed by atoms with van der Waals surface area (Å²) in [6, 6.07) is -0.880. The molecule has 0 aliphatic carbocycles. The molecular weight excluding hydrogens is 755 g/mol. The molecule has 0 radical (unpaired) electrons. The molecular formula is C37H71Cl3N2O11. The van der Waals surface area contributed by atoms with E-state index in [1.807, 2.05) is 20.8 Å². The van der Waals surface area contributed by atoms with Crippen LogP contribution in [0.15, 0.2) is 0 Å². The van der Waals surface area contributed by atoms with Crippen molar-refractivity contribution >= 4 is 46.8 Å². The average molecular weight is 826 g/mol. The summed E-state index contributed by atoms with van der Waals surface area (Å²) in [6.45, 7) is 14.3. The highest BCUT2D eigenvalue weighted by atomic mass is 35.6. The molecule has 0 fully saturated rings. The van der Waals surface area contributed by atoms with Crippen molar-refractivity contribution in [2.24, 2.45) is 0 Å². The molecule has 0 saturated heterocycles. The van der Waals surface area contributed by atoms with Gasteiger partial charge in [0.15, 0.2) is 6.29 Å². The van der Waals surface area contributed by atoms with Crippen LogP contribution in [0.4, 0.5) is 4.79 Å². The number of rotatable bonds is 36. The largest absolute Gasteiger partial charge is 0.445 e. The van der Waals surface area contributed by atoms with Crippen molar-refractivity contribution < 1.29 is 52.6 Å². The zero-order valence-electron chi connectivity index (χ0n) is 33.2. The zero-order valence-corrected chi connectivity index (χ0v) is 35.5. The van der Waals surface area contributed by atoms with Gasteiger partial charge in [-0.3, -0.25) is 4.79 Å². The lowest BCUT2D eigenvalue weighted by atomic mass is 10.1. The molecule has 0 aromatic carbocycles. The molecule has 6 atom stereocenters. The van der Waals surface area contributed by atoms with Crippen LogP contribution in [0.5, 0.6) is 0 Å². The van der Waals surface area contributed by atoms with Gasteiger partial charge in [0.25, 0.3) is 0 Å². The van der Waals surface area contributed by atoms with Gasteiger partial charge in [0.2, 0.25) is 9.70 Å². The first kappa shape index (κ1) is 52.3. The van der Waals surface area contributed by atoms with Crippen molar-refractivity contribution in [2.45, 2.75) is 153 Å². The molecule has 0 rings (SSSR count). The van der Waals surface area contributed by atoms with E-state index in [2.05, 4.69) is 31.4 Å². The number of amides is 2. The van der Waals surface area contributed by atoms with E-state index >= 15 is 0 Å². The molecule has 0 saturated carbocycles. The lowest BCUT2D eigenvalue weighted by Gasteiger charge is -2.33. The normalized spacial score (nSPS) is 15.4. The fourth-order valence-corrected chi connectivity index (χ4v) is 4.80. The van der Waals surface area contributed by atoms with Gasteiger partial charge < -0.3 is 53.6 Å². The number of carbonyl (C=O) groups is 2. The van der Waals surface area contributed by atoms with E-state index in [-0.39, 0.29) is 51.4 Å². The minimum absolute atomic E-state index is 0.00607. The third-order valence-corrected chi connectivity index (χ3v) is 8.11. The van der Waals surface area contributed by atoms with Gasteiger partial charge in [0.1, 0.15) is 31.0 Å². The summed E-state index contributed by atoms with van der Waals surface area (Å²) < 4.78 is 45.3. The van der Waals surface area contributed by atoms with Gasteiger partial charge in [-0.25, -0.2) is 4.79 Å². The highest BCUT2D eigenvalue weighted by molar-refractivity contribution is 6.67. The topological polar surface area (TPSA) is 152 Å². The Morgan fingerprint density at radius 1 is 0.679 bits per heavy atom. The van der Waals surface area contributed by atoms with Crippen LogP contribution in [0.25, 0.3) is 0 Å². The first-order valence-corrected chi connectivity index (χ1v) is 20.7. The number of alkyl halides is 3. The second kappa shape index (κ2) is 34.5. The van der Waals surface area contributed by atoms with Crippen LogP contribution in [0.2, 0.25) is 0 Å². The molecule has 0 aliphatic rings. The van der Waals surface area contributed by atoms with Gasteiger partial charge in [0.05, 0.1) is 39.0 Å². The third-order valence-electron chi connectivity index (χ3n) is 7.78. The quantitative estimate of drug-likeness (QED) is 0.0344. The summed E-state index contributed by atoms with van der Waals surface area (Å²) in [4.78, 5) is 25.7. The first-order chi connectivity index (χ1) is 25.4. The van der Waals surface area contributed by atoms with Crippen molar-refractivity contribution in [3.05, 3.63) is 0 Å². The number of nitrogens with one attached hydrogen (secondary N) is 2. The third kappa shape index (κ3) is 30.1. The molecule has 53 heavy (non-hydrogen) atoms. The zero-order chi connectivity index (χ0) is 39.7. The summed E-state index contributed by atoms with van der Waals surface area (Å²) in [5.74, 6) is -0.190. The Bertz CT molecular complexity index is 876. The predicted molar refractivity (Wildman–Crippen MR) is 209 cm³/mol. The Morgan fingerprint density at radius 3 is 1.85 bits per heavy atom. The summed E-state index contributed by atoms with van der Waals surface area (Å²) in [6.07, 6.45) is 4.09. The second-order valence-corrected chi connectivity index (χ2v) is 15.5. The SMILES string of the molecule is CCCCOCCOC(OCC(O)C(OCCCC)[C@@H](CNC(=O)C[C@@H](C)OCCCC)OCCCC)[C@H](COCCCC)NC(=O)OCC(Cl)(Cl)Cl. The van der Waals surface area contributed by atoms with Crippen LogP contribution >= 0.6 is 34.8 Å². The maximum atomic E-state index is 12.9. The van der Waals surface area contributed by atoms with Gasteiger partial charge in [-0.1, -0.05) is 102 Å². The molecule has 2 amide bonds. The highest BCUT2D eigenvalue weighted by Crippen LogP contribution is 2.26. The van der Waals surface area contributed by atoms with E-state index in [1.54, 1.807) is 0 Å². The summed E-state index contributed by atoms with van der Waals surface area (Å²) >= 11 is 17.4. The first-order valence-electron chi connectivity index (χ1n) is 19.6. The van der Waals surface area contributed by atoms with Gasteiger partial charge >= 0.3 is 6.09 Å². The molecule has 0 aromatic heterocycles. The maximum absolute atomic E-state index is 12.9. The second-order valence-electron chi connectivity index (χ2n) is 13.0. The molecule has 16 heteroatoms. The van der Waals surface area contributed by atoms with Gasteiger partial charge in [-0.15, -0.1) is 0 Å². The monoisotopic (exact) mass is 824 g/mol. The Hall–Kier alpha value is -0.710. The standard InChI is InChI=1S/C37H71Cl3N2O11/c1-7-12-17-46-22-23-51-35(30(26-47-18-13-8-2)42-36(45)53-28-37(38,39)40)52-27-31(43)34(50-21-16-11-5)32(49-20-15-10-4)25-41-33(44)24-29(6)48-19-14-9-3/h29-32,34-35,43H,7-28H2,1-6H3,(H,41,44)(H,42,45)/t29-,30+,31?,32-,34?,35?/m1/s1. The minimum Gasteiger partial charge on any atom is -0.445 e. The highest BCUT2D eigenvalue weighted by Gasteiger charge is 2.34. The Balaban J connectivity index is 6.07. The van der Waals surface area contributed by atoms with Gasteiger partial charge in [0, 0.05) is 39.6 Å². The molecule has 3 N–H and O–H groups in total. The van der Waals surface area contributed by atoms with Crippen molar-refractivity contribution in [3.63, 3.8) is 0 Å². The number of halogens is 3. The number of alkyl carbamates (subject to hydrolysis) is 1. The minimum atomic E-state index is -1.81. The van der Waals surface area contributed by atoms with Crippen molar-refractivity contribution in [1.82, 2.24) is 10.6 Å². The van der Waals surface area contributed by atoms with Gasteiger partial charge in [-0.05, 0) is 39.0 Å². The number of aliphatic hydroxyl groups is 1. The van der Waals surface area contributed by atoms with Crippen LogP contribution in [0.3, 0.4) is 0 Å². The molecule has 0 aromatic rings. The van der Waals surface area contributed by atoms with Crippen LogP contribution in [-0.2, 0) is 42.7 Å². The van der Waals surface area contributed by atoms with Crippen molar-refractivity contribution in [2.75, 3.05) is 72.6 Å². The van der Waals surface area contributed by atoms with Crippen LogP contribution in [0.1, 0.15) is 112 Å². The molecule has 0 heterocycles. The lowest BCUT2D eigenvalue weighted by molar-refractivity contribution is -0.203. The van der Waals surface area contributed by atoms with E-state index in [9.17, 15) is 14.7 Å². The number of hydrogen-bond donors (Lipinski definition) is 3. The molecule has 0 bridgehead atoms. The van der Waals surface area contributed by atoms with E-state index in [1.165, 1.54) is 0 Å². The van der Waals surface area contributed by atoms with Crippen LogP contribution in [0, 0.1) is 0 Å². The summed E-state index contributed by atoms with van der Waals surface area (Å²) in [7, 11) is 0. The molecule has 0 spiro atoms. The fourth-order valence-electron chi connectivity index (χ4n) is 4.64. The number of ether oxygens (including phenoxy) is 8. The Morgan fingerprint density at radius 2 is 1.25 bits per heavy atom. The molecule has 3 unspecified atom stereocenters. The summed E-state index contributed by atoms with van der Waals surface area (Å²) in [5.41, 5.74) is 0. The number of aliphatic hydroxyl groups excluding tert-OH is 1. The van der Waals surface area contributed by atoms with Crippen LogP contribution < -0.4 is 10.6 Å². The Labute approximate surface area is 334 Å². The number of unbranched alkanes of at least 4 members (excludes halogenated alkanes) is 5. The molecule has 316 valence electrons. The summed E-state index contributed by atoms with van der Waals surface area (Å²) in [5, 5.41) is 17.3. The number of carbonyl (C=O) groups excluding carboxylic acids is 2. The van der Waals surface area contributed by atoms with E-state index in [0.29, 0.717) is 33.0 Å². The van der Waals surface area contributed by atoms with Crippen molar-refractivity contribution in [3.8, 4) is 0 Å². The smallest absolute Gasteiger partial charge is 0.407 e. The van der Waals surface area contributed by atoms with E-state index < -0.39 is 47.1 Å².